The molecule has 1 fully saturated rings. The summed E-state index contributed by atoms with van der Waals surface area (Å²) in [6, 6.07) is 15.1. The molecule has 0 spiro atoms. The smallest absolute Gasteiger partial charge is 0.0955 e. The topological polar surface area (TPSA) is 33.1 Å². The van der Waals surface area contributed by atoms with E-state index in [1.165, 1.54) is 31.6 Å². The second-order valence-electron chi connectivity index (χ2n) is 6.90. The van der Waals surface area contributed by atoms with Crippen molar-refractivity contribution in [2.75, 3.05) is 23.3 Å². The minimum Gasteiger partial charge on any atom is -0.372 e. The molecule has 0 bridgehead atoms. The van der Waals surface area contributed by atoms with Crippen LogP contribution in [0, 0.1) is 5.92 Å². The average Bonchev–Trinajstić information content (AvgIpc) is 2.97. The summed E-state index contributed by atoms with van der Waals surface area (Å²) in [5.74, 6) is 0.865. The van der Waals surface area contributed by atoms with Crippen LogP contribution in [0.1, 0.15) is 19.8 Å². The van der Waals surface area contributed by atoms with Gasteiger partial charge in [0.1, 0.15) is 0 Å². The molecule has 2 aromatic carbocycles. The SMILES string of the molecule is CC1CCN(c2ccc(Nc3ccc4ncn(C)c4c3)cc2)CC1. The molecule has 0 saturated carbocycles. The largest absolute Gasteiger partial charge is 0.372 e. The van der Waals surface area contributed by atoms with Crippen LogP contribution in [0.2, 0.25) is 0 Å². The zero-order valence-corrected chi connectivity index (χ0v) is 14.4. The first kappa shape index (κ1) is 15.1. The van der Waals surface area contributed by atoms with Crippen LogP contribution >= 0.6 is 0 Å². The Labute approximate surface area is 143 Å². The Morgan fingerprint density at radius 3 is 2.46 bits per heavy atom. The molecule has 1 aliphatic heterocycles. The first-order valence-corrected chi connectivity index (χ1v) is 8.72. The number of aromatic nitrogens is 2. The third kappa shape index (κ3) is 2.96. The summed E-state index contributed by atoms with van der Waals surface area (Å²) in [5, 5.41) is 3.49. The number of piperidine rings is 1. The number of imidazole rings is 1. The van der Waals surface area contributed by atoms with Crippen molar-refractivity contribution in [3.63, 3.8) is 0 Å². The maximum atomic E-state index is 4.36. The van der Waals surface area contributed by atoms with E-state index in [4.69, 9.17) is 0 Å². The van der Waals surface area contributed by atoms with Gasteiger partial charge in [0.2, 0.25) is 0 Å². The number of hydrogen-bond acceptors (Lipinski definition) is 3. The van der Waals surface area contributed by atoms with Crippen LogP contribution in [0.25, 0.3) is 11.0 Å². The van der Waals surface area contributed by atoms with Crippen LogP contribution in [0.4, 0.5) is 17.1 Å². The highest BCUT2D eigenvalue weighted by molar-refractivity contribution is 5.81. The van der Waals surface area contributed by atoms with Crippen molar-refractivity contribution < 1.29 is 0 Å². The molecule has 1 aliphatic rings. The van der Waals surface area contributed by atoms with Gasteiger partial charge in [-0.2, -0.15) is 0 Å². The molecule has 0 radical (unpaired) electrons. The molecule has 4 heteroatoms. The normalized spacial score (nSPS) is 15.8. The minimum atomic E-state index is 0.865. The van der Waals surface area contributed by atoms with Gasteiger partial charge in [-0.15, -0.1) is 0 Å². The van der Waals surface area contributed by atoms with Crippen molar-refractivity contribution in [2.24, 2.45) is 13.0 Å². The Morgan fingerprint density at radius 1 is 1.00 bits per heavy atom. The lowest BCUT2D eigenvalue weighted by molar-refractivity contribution is 0.438. The predicted molar refractivity (Wildman–Crippen MR) is 101 cm³/mol. The quantitative estimate of drug-likeness (QED) is 0.768. The number of nitrogens with one attached hydrogen (secondary N) is 1. The molecule has 0 aliphatic carbocycles. The second-order valence-corrected chi connectivity index (χ2v) is 6.90. The number of anilines is 3. The first-order valence-electron chi connectivity index (χ1n) is 8.72. The predicted octanol–water partition coefficient (Wildman–Crippen LogP) is 4.55. The van der Waals surface area contributed by atoms with E-state index in [0.29, 0.717) is 0 Å². The summed E-state index contributed by atoms with van der Waals surface area (Å²) in [4.78, 5) is 6.86. The summed E-state index contributed by atoms with van der Waals surface area (Å²) in [5.41, 5.74) is 5.70. The molecule has 4 rings (SSSR count). The molecule has 1 aromatic heterocycles. The lowest BCUT2D eigenvalue weighted by atomic mass is 9.99. The van der Waals surface area contributed by atoms with Gasteiger partial charge in [-0.1, -0.05) is 6.92 Å². The molecule has 4 nitrogen and oxygen atoms in total. The van der Waals surface area contributed by atoms with Gasteiger partial charge < -0.3 is 14.8 Å². The van der Waals surface area contributed by atoms with E-state index < -0.39 is 0 Å². The number of benzene rings is 2. The second kappa shape index (κ2) is 6.19. The number of fused-ring (bicyclic) bond motifs is 1. The molecule has 124 valence electrons. The molecule has 2 heterocycles. The van der Waals surface area contributed by atoms with Gasteiger partial charge in [0, 0.05) is 37.2 Å². The van der Waals surface area contributed by atoms with E-state index >= 15 is 0 Å². The van der Waals surface area contributed by atoms with E-state index in [-0.39, 0.29) is 0 Å². The van der Waals surface area contributed by atoms with Crippen LogP contribution in [-0.2, 0) is 7.05 Å². The Kier molecular flexibility index (Phi) is 3.89. The number of aryl methyl sites for hydroxylation is 1. The van der Waals surface area contributed by atoms with Gasteiger partial charge in [-0.05, 0) is 61.2 Å². The fourth-order valence-corrected chi connectivity index (χ4v) is 3.39. The molecule has 24 heavy (non-hydrogen) atoms. The van der Waals surface area contributed by atoms with E-state index in [1.807, 2.05) is 17.9 Å². The Balaban J connectivity index is 1.49. The lowest BCUT2D eigenvalue weighted by Gasteiger charge is -2.32. The molecular weight excluding hydrogens is 296 g/mol. The summed E-state index contributed by atoms with van der Waals surface area (Å²) in [7, 11) is 2.02. The summed E-state index contributed by atoms with van der Waals surface area (Å²) >= 11 is 0. The summed E-state index contributed by atoms with van der Waals surface area (Å²) < 4.78 is 2.04. The fraction of sp³-hybridized carbons (Fsp3) is 0.350. The van der Waals surface area contributed by atoms with Crippen molar-refractivity contribution in [3.05, 3.63) is 48.8 Å². The Bertz CT molecular complexity index is 826. The van der Waals surface area contributed by atoms with E-state index in [9.17, 15) is 0 Å². The van der Waals surface area contributed by atoms with E-state index in [2.05, 4.69) is 64.6 Å². The van der Waals surface area contributed by atoms with Crippen LogP contribution in [0.5, 0.6) is 0 Å². The maximum Gasteiger partial charge on any atom is 0.0955 e. The van der Waals surface area contributed by atoms with Crippen LogP contribution in [0.15, 0.2) is 48.8 Å². The first-order chi connectivity index (χ1) is 11.7. The molecule has 3 aromatic rings. The Hall–Kier alpha value is -2.49. The van der Waals surface area contributed by atoms with Crippen molar-refractivity contribution in [2.45, 2.75) is 19.8 Å². The summed E-state index contributed by atoms with van der Waals surface area (Å²) in [6.45, 7) is 4.69. The van der Waals surface area contributed by atoms with Crippen molar-refractivity contribution in [1.82, 2.24) is 9.55 Å². The van der Waals surface area contributed by atoms with Gasteiger partial charge in [-0.3, -0.25) is 0 Å². The molecule has 0 atom stereocenters. The van der Waals surface area contributed by atoms with Gasteiger partial charge in [0.15, 0.2) is 0 Å². The molecule has 1 saturated heterocycles. The Morgan fingerprint density at radius 2 is 1.71 bits per heavy atom. The number of hydrogen-bond donors (Lipinski definition) is 1. The minimum absolute atomic E-state index is 0.865. The van der Waals surface area contributed by atoms with Crippen LogP contribution < -0.4 is 10.2 Å². The zero-order valence-electron chi connectivity index (χ0n) is 14.4. The summed E-state index contributed by atoms with van der Waals surface area (Å²) in [6.07, 6.45) is 4.44. The van der Waals surface area contributed by atoms with Crippen molar-refractivity contribution in [1.29, 1.82) is 0 Å². The van der Waals surface area contributed by atoms with Gasteiger partial charge in [0.25, 0.3) is 0 Å². The van der Waals surface area contributed by atoms with Crippen LogP contribution in [0.3, 0.4) is 0 Å². The van der Waals surface area contributed by atoms with Crippen molar-refractivity contribution in [3.8, 4) is 0 Å². The highest BCUT2D eigenvalue weighted by Gasteiger charge is 2.15. The fourth-order valence-electron chi connectivity index (χ4n) is 3.39. The van der Waals surface area contributed by atoms with Crippen molar-refractivity contribution >= 4 is 28.1 Å². The lowest BCUT2D eigenvalue weighted by Crippen LogP contribution is -2.32. The molecular formula is C20H24N4. The highest BCUT2D eigenvalue weighted by atomic mass is 15.1. The van der Waals surface area contributed by atoms with E-state index in [0.717, 1.165) is 28.3 Å². The number of nitrogens with zero attached hydrogens (tertiary/aromatic N) is 3. The zero-order chi connectivity index (χ0) is 16.5. The molecule has 1 N–H and O–H groups in total. The number of rotatable bonds is 3. The van der Waals surface area contributed by atoms with Gasteiger partial charge in [0.05, 0.1) is 17.4 Å². The molecule has 0 unspecified atom stereocenters. The monoisotopic (exact) mass is 320 g/mol. The maximum absolute atomic E-state index is 4.36. The standard InChI is InChI=1S/C20H24N4/c1-15-9-11-24(12-10-15)18-6-3-16(4-7-18)22-17-5-8-19-20(13-17)23(2)14-21-19/h3-8,13-15,22H,9-12H2,1-2H3. The van der Waals surface area contributed by atoms with Gasteiger partial charge in [-0.25, -0.2) is 4.98 Å². The van der Waals surface area contributed by atoms with Gasteiger partial charge >= 0.3 is 0 Å². The van der Waals surface area contributed by atoms with Crippen LogP contribution in [-0.4, -0.2) is 22.6 Å². The average molecular weight is 320 g/mol. The molecule has 0 amide bonds. The highest BCUT2D eigenvalue weighted by Crippen LogP contribution is 2.26. The third-order valence-corrected chi connectivity index (χ3v) is 5.03. The third-order valence-electron chi connectivity index (χ3n) is 5.03. The van der Waals surface area contributed by atoms with E-state index in [1.54, 1.807) is 0 Å².